The molecule has 1 aliphatic carbocycles. The minimum Gasteiger partial charge on any atom is -0.491 e. The molecule has 2 aliphatic heterocycles. The number of hydrogen-bond donors (Lipinski definition) is 3. The van der Waals surface area contributed by atoms with E-state index in [2.05, 4.69) is 20.9 Å². The molecule has 2 atom stereocenters. The van der Waals surface area contributed by atoms with Gasteiger partial charge >= 0.3 is 0 Å². The zero-order valence-corrected chi connectivity index (χ0v) is 25.3. The van der Waals surface area contributed by atoms with E-state index in [4.69, 9.17) is 9.47 Å². The lowest BCUT2D eigenvalue weighted by Gasteiger charge is -2.38. The SMILES string of the molecule is COCCN1CCN(C(=O)[C@@H]2CCC(=O)NC3(CCCCC3)C(=O)N[C@@H](C(C)C)COc3ccccc3C(=O)N2)CC1. The van der Waals surface area contributed by atoms with Crippen molar-refractivity contribution in [2.45, 2.75) is 76.4 Å². The lowest BCUT2D eigenvalue weighted by Crippen LogP contribution is -2.62. The molecule has 3 aliphatic rings. The van der Waals surface area contributed by atoms with Gasteiger partial charge in [0.05, 0.1) is 18.2 Å². The molecule has 2 heterocycles. The van der Waals surface area contributed by atoms with Gasteiger partial charge in [0, 0.05) is 46.3 Å². The highest BCUT2D eigenvalue weighted by molar-refractivity contribution is 6.00. The van der Waals surface area contributed by atoms with Crippen LogP contribution in [0.25, 0.3) is 0 Å². The van der Waals surface area contributed by atoms with Gasteiger partial charge in [-0.2, -0.15) is 0 Å². The Kier molecular flexibility index (Phi) is 11.2. The number of carbonyl (C=O) groups is 4. The van der Waals surface area contributed by atoms with E-state index in [1.807, 2.05) is 13.8 Å². The Morgan fingerprint density at radius 2 is 1.76 bits per heavy atom. The number of benzene rings is 1. The lowest BCUT2D eigenvalue weighted by molar-refractivity contribution is -0.137. The molecule has 4 amide bonds. The number of fused-ring (bicyclic) bond motifs is 1. The van der Waals surface area contributed by atoms with Crippen molar-refractivity contribution in [1.82, 2.24) is 25.8 Å². The van der Waals surface area contributed by atoms with E-state index in [9.17, 15) is 19.2 Å². The van der Waals surface area contributed by atoms with Crippen LogP contribution in [-0.2, 0) is 19.1 Å². The quantitative estimate of drug-likeness (QED) is 0.480. The Balaban J connectivity index is 1.59. The summed E-state index contributed by atoms with van der Waals surface area (Å²) in [7, 11) is 1.67. The number of methoxy groups -OCH3 is 1. The third-order valence-electron chi connectivity index (χ3n) is 8.75. The Bertz CT molecular complexity index is 1100. The van der Waals surface area contributed by atoms with Crippen LogP contribution < -0.4 is 20.7 Å². The van der Waals surface area contributed by atoms with Crippen molar-refractivity contribution in [2.75, 3.05) is 53.0 Å². The molecule has 4 rings (SSSR count). The maximum absolute atomic E-state index is 13.7. The molecule has 42 heavy (non-hydrogen) atoms. The summed E-state index contributed by atoms with van der Waals surface area (Å²) >= 11 is 0. The third kappa shape index (κ3) is 8.01. The minimum atomic E-state index is -0.998. The minimum absolute atomic E-state index is 0.00523. The maximum atomic E-state index is 13.7. The van der Waals surface area contributed by atoms with Gasteiger partial charge in [0.1, 0.15) is 23.9 Å². The van der Waals surface area contributed by atoms with Gasteiger partial charge < -0.3 is 30.3 Å². The lowest BCUT2D eigenvalue weighted by atomic mass is 9.80. The summed E-state index contributed by atoms with van der Waals surface area (Å²) in [5, 5.41) is 9.11. The molecule has 11 nitrogen and oxygen atoms in total. The molecule has 232 valence electrons. The second kappa shape index (κ2) is 14.8. The van der Waals surface area contributed by atoms with E-state index >= 15 is 0 Å². The Morgan fingerprint density at radius 3 is 2.45 bits per heavy atom. The molecule has 1 saturated carbocycles. The van der Waals surface area contributed by atoms with Gasteiger partial charge in [-0.1, -0.05) is 45.2 Å². The van der Waals surface area contributed by atoms with E-state index in [1.54, 1.807) is 36.3 Å². The summed E-state index contributed by atoms with van der Waals surface area (Å²) in [4.78, 5) is 58.4. The third-order valence-corrected chi connectivity index (χ3v) is 8.75. The van der Waals surface area contributed by atoms with E-state index in [0.29, 0.717) is 56.9 Å². The first-order chi connectivity index (χ1) is 20.2. The predicted molar refractivity (Wildman–Crippen MR) is 158 cm³/mol. The highest BCUT2D eigenvalue weighted by atomic mass is 16.5. The van der Waals surface area contributed by atoms with E-state index in [-0.39, 0.29) is 49.1 Å². The van der Waals surface area contributed by atoms with Gasteiger partial charge in [0.25, 0.3) is 5.91 Å². The van der Waals surface area contributed by atoms with Crippen LogP contribution in [0.5, 0.6) is 5.75 Å². The Morgan fingerprint density at radius 1 is 1.05 bits per heavy atom. The standard InChI is InChI=1S/C31H47N5O6/c1-22(2)25-21-42-26-10-6-5-9-23(26)28(38)32-24(29(39)36-17-15-35(16-18-36)19-20-41-3)11-12-27(37)34-31(30(40)33-25)13-7-4-8-14-31/h5-6,9-10,22,24-25H,4,7-8,11-21H2,1-3H3,(H,32,38)(H,33,40)(H,34,37)/t24-,25+/m0/s1. The molecular weight excluding hydrogens is 538 g/mol. The average Bonchev–Trinajstić information content (AvgIpc) is 3.00. The highest BCUT2D eigenvalue weighted by Gasteiger charge is 2.42. The Hall–Kier alpha value is -3.18. The van der Waals surface area contributed by atoms with Crippen molar-refractivity contribution in [3.8, 4) is 5.75 Å². The number of carbonyl (C=O) groups excluding carboxylic acids is 4. The molecular formula is C31H47N5O6. The number of hydrogen-bond acceptors (Lipinski definition) is 7. The van der Waals surface area contributed by atoms with Crippen molar-refractivity contribution >= 4 is 23.6 Å². The molecule has 0 aromatic heterocycles. The van der Waals surface area contributed by atoms with Gasteiger partial charge in [0.15, 0.2) is 0 Å². The predicted octanol–water partition coefficient (Wildman–Crippen LogP) is 1.71. The maximum Gasteiger partial charge on any atom is 0.255 e. The van der Waals surface area contributed by atoms with Gasteiger partial charge in [0.2, 0.25) is 17.7 Å². The molecule has 1 aromatic rings. The van der Waals surface area contributed by atoms with Crippen LogP contribution >= 0.6 is 0 Å². The number of nitrogens with one attached hydrogen (secondary N) is 3. The Labute approximate surface area is 249 Å². The monoisotopic (exact) mass is 585 g/mol. The number of piperazine rings is 1. The van der Waals surface area contributed by atoms with E-state index < -0.39 is 17.5 Å². The summed E-state index contributed by atoms with van der Waals surface area (Å²) in [5.41, 5.74) is -0.696. The van der Waals surface area contributed by atoms with Crippen LogP contribution in [0, 0.1) is 5.92 Å². The zero-order valence-electron chi connectivity index (χ0n) is 25.3. The molecule has 1 aromatic carbocycles. The second-order valence-corrected chi connectivity index (χ2v) is 12.0. The van der Waals surface area contributed by atoms with Crippen molar-refractivity contribution < 1.29 is 28.7 Å². The summed E-state index contributed by atoms with van der Waals surface area (Å²) in [5.74, 6) is -0.712. The van der Waals surface area contributed by atoms with Crippen LogP contribution in [0.3, 0.4) is 0 Å². The van der Waals surface area contributed by atoms with Crippen molar-refractivity contribution in [2.24, 2.45) is 5.92 Å². The number of amides is 4. The summed E-state index contributed by atoms with van der Waals surface area (Å²) in [6.45, 7) is 8.06. The van der Waals surface area contributed by atoms with Crippen LogP contribution in [0.4, 0.5) is 0 Å². The number of para-hydroxylation sites is 1. The molecule has 0 bridgehead atoms. The molecule has 11 heteroatoms. The normalized spacial score (nSPS) is 24.5. The largest absolute Gasteiger partial charge is 0.491 e. The number of nitrogens with zero attached hydrogens (tertiary/aromatic N) is 2. The van der Waals surface area contributed by atoms with Crippen molar-refractivity contribution in [3.63, 3.8) is 0 Å². The smallest absolute Gasteiger partial charge is 0.255 e. The first-order valence-corrected chi connectivity index (χ1v) is 15.4. The fourth-order valence-corrected chi connectivity index (χ4v) is 5.96. The van der Waals surface area contributed by atoms with Crippen LogP contribution in [0.2, 0.25) is 0 Å². The topological polar surface area (TPSA) is 129 Å². The van der Waals surface area contributed by atoms with E-state index in [0.717, 1.165) is 25.8 Å². The van der Waals surface area contributed by atoms with Crippen molar-refractivity contribution in [1.29, 1.82) is 0 Å². The first-order valence-electron chi connectivity index (χ1n) is 15.4. The second-order valence-electron chi connectivity index (χ2n) is 12.0. The van der Waals surface area contributed by atoms with Crippen LogP contribution in [-0.4, -0.2) is 104 Å². The molecule has 1 spiro atoms. The fourth-order valence-electron chi connectivity index (χ4n) is 5.96. The van der Waals surface area contributed by atoms with Gasteiger partial charge in [-0.05, 0) is 37.3 Å². The van der Waals surface area contributed by atoms with Crippen molar-refractivity contribution in [3.05, 3.63) is 29.8 Å². The molecule has 2 fully saturated rings. The molecule has 0 radical (unpaired) electrons. The summed E-state index contributed by atoms with van der Waals surface area (Å²) in [6.07, 6.45) is 3.95. The average molecular weight is 586 g/mol. The number of rotatable bonds is 5. The molecule has 3 N–H and O–H groups in total. The molecule has 0 unspecified atom stereocenters. The molecule has 1 saturated heterocycles. The fraction of sp³-hybridized carbons (Fsp3) is 0.677. The first kappa shape index (κ1) is 31.7. The zero-order chi connectivity index (χ0) is 30.1. The van der Waals surface area contributed by atoms with E-state index in [1.165, 1.54) is 0 Å². The summed E-state index contributed by atoms with van der Waals surface area (Å²) < 4.78 is 11.3. The van der Waals surface area contributed by atoms with Gasteiger partial charge in [-0.3, -0.25) is 24.1 Å². The summed E-state index contributed by atoms with van der Waals surface area (Å²) in [6, 6.07) is 5.68. The van der Waals surface area contributed by atoms with Gasteiger partial charge in [-0.15, -0.1) is 0 Å². The number of ether oxygens (including phenoxy) is 2. The van der Waals surface area contributed by atoms with Gasteiger partial charge in [-0.25, -0.2) is 0 Å². The van der Waals surface area contributed by atoms with Crippen LogP contribution in [0.15, 0.2) is 24.3 Å². The highest BCUT2D eigenvalue weighted by Crippen LogP contribution is 2.30. The van der Waals surface area contributed by atoms with Crippen LogP contribution in [0.1, 0.15) is 69.2 Å².